The number of nitrogens with zero attached hydrogens (tertiary/aromatic N) is 4. The van der Waals surface area contributed by atoms with E-state index in [9.17, 15) is 0 Å². The summed E-state index contributed by atoms with van der Waals surface area (Å²) in [5, 5.41) is 9.10. The maximum atomic E-state index is 5.71. The second-order valence-corrected chi connectivity index (χ2v) is 4.71. The van der Waals surface area contributed by atoms with Crippen molar-refractivity contribution >= 4 is 17.4 Å². The Hall–Kier alpha value is -1.92. The van der Waals surface area contributed by atoms with Crippen molar-refractivity contribution in [1.29, 1.82) is 0 Å². The van der Waals surface area contributed by atoms with Gasteiger partial charge in [0, 0.05) is 30.0 Å². The first kappa shape index (κ1) is 11.2. The van der Waals surface area contributed by atoms with Gasteiger partial charge in [0.05, 0.1) is 0 Å². The zero-order valence-electron chi connectivity index (χ0n) is 9.52. The van der Waals surface area contributed by atoms with Crippen LogP contribution in [0.1, 0.15) is 5.56 Å². The fourth-order valence-corrected chi connectivity index (χ4v) is 2.58. The van der Waals surface area contributed by atoms with Crippen LogP contribution in [0.3, 0.4) is 0 Å². The molecule has 0 radical (unpaired) electrons. The molecule has 6 heteroatoms. The normalized spacial score (nSPS) is 10.9. The maximum absolute atomic E-state index is 5.71. The lowest BCUT2D eigenvalue weighted by molar-refractivity contribution is 0.916. The number of hydrogen-bond donors (Lipinski definition) is 1. The van der Waals surface area contributed by atoms with E-state index in [1.54, 1.807) is 12.4 Å². The van der Waals surface area contributed by atoms with Gasteiger partial charge in [-0.25, -0.2) is 0 Å². The highest BCUT2D eigenvalue weighted by molar-refractivity contribution is 7.99. The number of fused-ring (bicyclic) bond motifs is 1. The first-order valence-electron chi connectivity index (χ1n) is 5.49. The summed E-state index contributed by atoms with van der Waals surface area (Å²) in [4.78, 5) is 5.13. The van der Waals surface area contributed by atoms with Gasteiger partial charge in [0.25, 0.3) is 0 Å². The summed E-state index contributed by atoms with van der Waals surface area (Å²) in [6, 6.07) is 7.73. The third kappa shape index (κ3) is 1.96. The van der Waals surface area contributed by atoms with E-state index in [0.717, 1.165) is 21.3 Å². The number of aromatic nitrogens is 4. The van der Waals surface area contributed by atoms with Crippen LogP contribution in [-0.4, -0.2) is 19.6 Å². The summed E-state index contributed by atoms with van der Waals surface area (Å²) in [5.41, 5.74) is 7.60. The van der Waals surface area contributed by atoms with Gasteiger partial charge in [-0.2, -0.15) is 0 Å². The Bertz CT molecular complexity index is 679. The fraction of sp³-hybridized carbons (Fsp3) is 0.0833. The fourth-order valence-electron chi connectivity index (χ4n) is 1.66. The van der Waals surface area contributed by atoms with E-state index in [1.165, 1.54) is 11.8 Å². The molecule has 0 atom stereocenters. The molecule has 3 aromatic heterocycles. The average molecular weight is 257 g/mol. The minimum Gasteiger partial charge on any atom is -0.326 e. The molecule has 0 fully saturated rings. The van der Waals surface area contributed by atoms with Crippen LogP contribution in [0.15, 0.2) is 52.9 Å². The highest BCUT2D eigenvalue weighted by atomic mass is 32.2. The number of pyridine rings is 2. The lowest BCUT2D eigenvalue weighted by atomic mass is 10.3. The van der Waals surface area contributed by atoms with Crippen LogP contribution in [0.25, 0.3) is 5.65 Å². The van der Waals surface area contributed by atoms with E-state index in [4.69, 9.17) is 5.73 Å². The third-order valence-corrected chi connectivity index (χ3v) is 3.62. The molecule has 3 rings (SSSR count). The molecule has 0 aliphatic carbocycles. The molecule has 3 aromatic rings. The van der Waals surface area contributed by atoms with Gasteiger partial charge < -0.3 is 5.73 Å². The molecule has 0 unspecified atom stereocenters. The molecule has 0 saturated heterocycles. The minimum absolute atomic E-state index is 0.488. The Labute approximate surface area is 108 Å². The van der Waals surface area contributed by atoms with Gasteiger partial charge in [0.2, 0.25) is 0 Å². The van der Waals surface area contributed by atoms with E-state index in [-0.39, 0.29) is 0 Å². The highest BCUT2D eigenvalue weighted by Gasteiger charge is 2.09. The summed E-state index contributed by atoms with van der Waals surface area (Å²) in [7, 11) is 0. The van der Waals surface area contributed by atoms with Gasteiger partial charge in [0.1, 0.15) is 0 Å². The summed E-state index contributed by atoms with van der Waals surface area (Å²) < 4.78 is 1.94. The van der Waals surface area contributed by atoms with Crippen LogP contribution in [0.2, 0.25) is 0 Å². The van der Waals surface area contributed by atoms with Crippen LogP contribution < -0.4 is 5.73 Å². The van der Waals surface area contributed by atoms with Crippen molar-refractivity contribution in [2.75, 3.05) is 0 Å². The Morgan fingerprint density at radius 3 is 3.06 bits per heavy atom. The average Bonchev–Trinajstić information content (AvgIpc) is 2.83. The van der Waals surface area contributed by atoms with Crippen LogP contribution in [0, 0.1) is 0 Å². The number of nitrogens with two attached hydrogens (primary N) is 1. The van der Waals surface area contributed by atoms with E-state index in [2.05, 4.69) is 15.2 Å². The molecule has 90 valence electrons. The van der Waals surface area contributed by atoms with Crippen LogP contribution in [0.4, 0.5) is 0 Å². The maximum Gasteiger partial charge on any atom is 0.200 e. The quantitative estimate of drug-likeness (QED) is 0.774. The molecule has 0 aliphatic rings. The molecule has 5 nitrogen and oxygen atoms in total. The second kappa shape index (κ2) is 4.75. The molecule has 2 N–H and O–H groups in total. The molecule has 0 aromatic carbocycles. The highest BCUT2D eigenvalue weighted by Crippen LogP contribution is 2.28. The second-order valence-electron chi connectivity index (χ2n) is 3.70. The van der Waals surface area contributed by atoms with Gasteiger partial charge in [-0.1, -0.05) is 6.07 Å². The number of rotatable bonds is 3. The van der Waals surface area contributed by atoms with Crippen LogP contribution >= 0.6 is 11.8 Å². The zero-order chi connectivity index (χ0) is 12.4. The molecular weight excluding hydrogens is 246 g/mol. The Morgan fingerprint density at radius 1 is 1.22 bits per heavy atom. The molecule has 3 heterocycles. The van der Waals surface area contributed by atoms with Gasteiger partial charge in [-0.15, -0.1) is 10.2 Å². The standard InChI is InChI=1S/C12H11N5S/c13-7-9-4-5-14-8-10(9)18-12-16-15-11-3-1-2-6-17(11)12/h1-6,8H,7,13H2. The third-order valence-electron chi connectivity index (χ3n) is 2.57. The predicted molar refractivity (Wildman–Crippen MR) is 69.2 cm³/mol. The summed E-state index contributed by atoms with van der Waals surface area (Å²) in [6.45, 7) is 0.488. The van der Waals surface area contributed by atoms with Crippen molar-refractivity contribution in [3.8, 4) is 0 Å². The minimum atomic E-state index is 0.488. The Kier molecular flexibility index (Phi) is 2.95. The van der Waals surface area contributed by atoms with Crippen LogP contribution in [0.5, 0.6) is 0 Å². The topological polar surface area (TPSA) is 69.1 Å². The van der Waals surface area contributed by atoms with E-state index < -0.39 is 0 Å². The largest absolute Gasteiger partial charge is 0.326 e. The Morgan fingerprint density at radius 2 is 2.17 bits per heavy atom. The Balaban J connectivity index is 2.01. The van der Waals surface area contributed by atoms with Gasteiger partial charge in [-0.05, 0) is 35.5 Å². The zero-order valence-corrected chi connectivity index (χ0v) is 10.3. The van der Waals surface area contributed by atoms with Crippen molar-refractivity contribution < 1.29 is 0 Å². The lowest BCUT2D eigenvalue weighted by Gasteiger charge is -2.04. The summed E-state index contributed by atoms with van der Waals surface area (Å²) in [5.74, 6) is 0. The van der Waals surface area contributed by atoms with Crippen molar-refractivity contribution in [3.05, 3.63) is 48.4 Å². The monoisotopic (exact) mass is 257 g/mol. The molecule has 0 spiro atoms. The van der Waals surface area contributed by atoms with Gasteiger partial charge in [0.15, 0.2) is 10.8 Å². The van der Waals surface area contributed by atoms with E-state index >= 15 is 0 Å². The summed E-state index contributed by atoms with van der Waals surface area (Å²) >= 11 is 1.52. The van der Waals surface area contributed by atoms with Crippen molar-refractivity contribution in [1.82, 2.24) is 19.6 Å². The summed E-state index contributed by atoms with van der Waals surface area (Å²) in [6.07, 6.45) is 5.49. The molecule has 0 aliphatic heterocycles. The smallest absolute Gasteiger partial charge is 0.200 e. The van der Waals surface area contributed by atoms with Crippen molar-refractivity contribution in [2.24, 2.45) is 5.73 Å². The molecule has 0 amide bonds. The lowest BCUT2D eigenvalue weighted by Crippen LogP contribution is -1.99. The molecule has 0 saturated carbocycles. The van der Waals surface area contributed by atoms with Crippen molar-refractivity contribution in [3.63, 3.8) is 0 Å². The SMILES string of the molecule is NCc1ccncc1Sc1nnc2ccccn12. The number of hydrogen-bond acceptors (Lipinski definition) is 5. The first-order valence-corrected chi connectivity index (χ1v) is 6.30. The molecule has 18 heavy (non-hydrogen) atoms. The van der Waals surface area contributed by atoms with Crippen molar-refractivity contribution in [2.45, 2.75) is 16.6 Å². The van der Waals surface area contributed by atoms with Crippen LogP contribution in [-0.2, 0) is 6.54 Å². The van der Waals surface area contributed by atoms with Gasteiger partial charge in [-0.3, -0.25) is 9.38 Å². The predicted octanol–water partition coefficient (Wildman–Crippen LogP) is 1.73. The molecular formula is C12H11N5S. The van der Waals surface area contributed by atoms with E-state index in [0.29, 0.717) is 6.54 Å². The van der Waals surface area contributed by atoms with E-state index in [1.807, 2.05) is 34.9 Å². The van der Waals surface area contributed by atoms with Gasteiger partial charge >= 0.3 is 0 Å². The molecule has 0 bridgehead atoms. The first-order chi connectivity index (χ1) is 8.88.